The Hall–Kier alpha value is -2.06. The van der Waals surface area contributed by atoms with E-state index < -0.39 is 0 Å². The average molecular weight is 476 g/mol. The number of imide groups is 1. The van der Waals surface area contributed by atoms with Gasteiger partial charge in [-0.1, -0.05) is 40.9 Å². The summed E-state index contributed by atoms with van der Waals surface area (Å²) in [6, 6.07) is 7.85. The minimum atomic E-state index is -0.239. The van der Waals surface area contributed by atoms with Crippen molar-refractivity contribution in [2.24, 2.45) is 11.8 Å². The number of hydrogen-bond donors (Lipinski definition) is 1. The van der Waals surface area contributed by atoms with Gasteiger partial charge in [-0.2, -0.15) is 0 Å². The van der Waals surface area contributed by atoms with Gasteiger partial charge in [0.1, 0.15) is 0 Å². The largest absolute Gasteiger partial charge is 0.302 e. The summed E-state index contributed by atoms with van der Waals surface area (Å²) >= 11 is 4.84. The first kappa shape index (κ1) is 20.2. The zero-order valence-corrected chi connectivity index (χ0v) is 18.5. The molecule has 3 amide bonds. The van der Waals surface area contributed by atoms with Gasteiger partial charge in [-0.15, -0.1) is 11.3 Å². The van der Waals surface area contributed by atoms with Crippen molar-refractivity contribution >= 4 is 50.1 Å². The molecule has 1 aliphatic carbocycles. The van der Waals surface area contributed by atoms with Crippen molar-refractivity contribution in [1.29, 1.82) is 0 Å². The fourth-order valence-corrected chi connectivity index (χ4v) is 5.29. The van der Waals surface area contributed by atoms with Crippen LogP contribution < -0.4 is 5.32 Å². The summed E-state index contributed by atoms with van der Waals surface area (Å²) in [6.45, 7) is 2.11. The van der Waals surface area contributed by atoms with Crippen LogP contribution in [0.3, 0.4) is 0 Å². The van der Waals surface area contributed by atoms with Crippen molar-refractivity contribution in [2.45, 2.75) is 39.0 Å². The standard InChI is InChI=1S/C21H22BrN3O3S/c1-12-18(13-6-8-14(22)9-7-13)24-21(29-12)23-17(26)10-11-25-19(27)15-4-2-3-5-16(15)20(25)28/h6-9,15-16H,2-5,10-11H2,1H3,(H,23,24,26). The molecule has 29 heavy (non-hydrogen) atoms. The van der Waals surface area contributed by atoms with E-state index >= 15 is 0 Å². The van der Waals surface area contributed by atoms with E-state index in [1.54, 1.807) is 0 Å². The molecule has 1 saturated heterocycles. The van der Waals surface area contributed by atoms with Crippen molar-refractivity contribution in [3.8, 4) is 11.3 Å². The fourth-order valence-electron chi connectivity index (χ4n) is 4.17. The molecule has 1 N–H and O–H groups in total. The predicted molar refractivity (Wildman–Crippen MR) is 115 cm³/mol. The van der Waals surface area contributed by atoms with E-state index in [4.69, 9.17) is 0 Å². The molecule has 2 aromatic rings. The first-order valence-corrected chi connectivity index (χ1v) is 11.4. The van der Waals surface area contributed by atoms with Gasteiger partial charge in [0.15, 0.2) is 5.13 Å². The van der Waals surface area contributed by atoms with Gasteiger partial charge in [-0.05, 0) is 31.9 Å². The number of rotatable bonds is 5. The smallest absolute Gasteiger partial charge is 0.233 e. The lowest BCUT2D eigenvalue weighted by molar-refractivity contribution is -0.140. The number of benzene rings is 1. The summed E-state index contributed by atoms with van der Waals surface area (Å²) in [4.78, 5) is 44.3. The monoisotopic (exact) mass is 475 g/mol. The Balaban J connectivity index is 1.37. The molecule has 2 atom stereocenters. The number of amides is 3. The maximum Gasteiger partial charge on any atom is 0.233 e. The topological polar surface area (TPSA) is 79.4 Å². The van der Waals surface area contributed by atoms with Gasteiger partial charge >= 0.3 is 0 Å². The number of anilines is 1. The molecule has 1 aromatic carbocycles. The van der Waals surface area contributed by atoms with Crippen LogP contribution >= 0.6 is 27.3 Å². The van der Waals surface area contributed by atoms with Crippen molar-refractivity contribution in [3.63, 3.8) is 0 Å². The number of aryl methyl sites for hydroxylation is 1. The Bertz CT molecular complexity index is 933. The third kappa shape index (κ3) is 4.14. The van der Waals surface area contributed by atoms with Gasteiger partial charge in [0, 0.05) is 27.9 Å². The van der Waals surface area contributed by atoms with Gasteiger partial charge in [0.2, 0.25) is 17.7 Å². The molecule has 0 radical (unpaired) electrons. The summed E-state index contributed by atoms with van der Waals surface area (Å²) in [5, 5.41) is 3.34. The van der Waals surface area contributed by atoms with Crippen molar-refractivity contribution in [3.05, 3.63) is 33.6 Å². The number of nitrogens with one attached hydrogen (secondary N) is 1. The molecule has 2 aliphatic rings. The SMILES string of the molecule is Cc1sc(NC(=O)CCN2C(=O)C3CCCCC3C2=O)nc1-c1ccc(Br)cc1. The molecule has 8 heteroatoms. The molecule has 0 bridgehead atoms. The number of likely N-dealkylation sites (tertiary alicyclic amines) is 1. The van der Waals surface area contributed by atoms with Crippen LogP contribution in [0, 0.1) is 18.8 Å². The van der Waals surface area contributed by atoms with Crippen LogP contribution in [0.2, 0.25) is 0 Å². The summed E-state index contributed by atoms with van der Waals surface area (Å²) in [6.07, 6.45) is 3.66. The highest BCUT2D eigenvalue weighted by Gasteiger charge is 2.47. The Morgan fingerprint density at radius 3 is 2.41 bits per heavy atom. The molecule has 1 aliphatic heterocycles. The summed E-state index contributed by atoms with van der Waals surface area (Å²) in [7, 11) is 0. The maximum absolute atomic E-state index is 12.5. The number of carbonyl (C=O) groups excluding carboxylic acids is 3. The molecule has 1 aromatic heterocycles. The molecule has 152 valence electrons. The highest BCUT2D eigenvalue weighted by molar-refractivity contribution is 9.10. The molecule has 2 unspecified atom stereocenters. The van der Waals surface area contributed by atoms with E-state index in [0.29, 0.717) is 5.13 Å². The summed E-state index contributed by atoms with van der Waals surface area (Å²) in [5.74, 6) is -0.786. The van der Waals surface area contributed by atoms with Crippen LogP contribution in [0.5, 0.6) is 0 Å². The Morgan fingerprint density at radius 1 is 1.17 bits per heavy atom. The van der Waals surface area contributed by atoms with E-state index in [1.807, 2.05) is 31.2 Å². The first-order chi connectivity index (χ1) is 13.9. The van der Waals surface area contributed by atoms with E-state index in [-0.39, 0.29) is 42.5 Å². The average Bonchev–Trinajstić information content (AvgIpc) is 3.19. The zero-order valence-electron chi connectivity index (χ0n) is 16.1. The van der Waals surface area contributed by atoms with Crippen LogP contribution in [0.4, 0.5) is 5.13 Å². The molecular formula is C21H22BrN3O3S. The second-order valence-corrected chi connectivity index (χ2v) is 9.67. The Kier molecular flexibility index (Phi) is 5.83. The van der Waals surface area contributed by atoms with Gasteiger partial charge in [0.05, 0.1) is 17.5 Å². The number of carbonyl (C=O) groups is 3. The minimum Gasteiger partial charge on any atom is -0.302 e. The lowest BCUT2D eigenvalue weighted by Crippen LogP contribution is -2.34. The number of nitrogens with zero attached hydrogens (tertiary/aromatic N) is 2. The number of halogens is 1. The third-order valence-corrected chi connectivity index (χ3v) is 7.07. The van der Waals surface area contributed by atoms with Crippen molar-refractivity contribution < 1.29 is 14.4 Å². The lowest BCUT2D eigenvalue weighted by atomic mass is 9.81. The van der Waals surface area contributed by atoms with E-state index in [9.17, 15) is 14.4 Å². The van der Waals surface area contributed by atoms with Gasteiger partial charge in [0.25, 0.3) is 0 Å². The molecular weight excluding hydrogens is 454 g/mol. The van der Waals surface area contributed by atoms with Gasteiger partial charge in [-0.3, -0.25) is 19.3 Å². The number of thiazole rings is 1. The van der Waals surface area contributed by atoms with E-state index in [2.05, 4.69) is 26.2 Å². The molecule has 0 spiro atoms. The van der Waals surface area contributed by atoms with E-state index in [0.717, 1.165) is 46.3 Å². The maximum atomic E-state index is 12.5. The van der Waals surface area contributed by atoms with Crippen molar-refractivity contribution in [1.82, 2.24) is 9.88 Å². The normalized spacial score (nSPS) is 21.4. The Morgan fingerprint density at radius 2 is 1.79 bits per heavy atom. The summed E-state index contributed by atoms with van der Waals surface area (Å²) < 4.78 is 0.994. The first-order valence-electron chi connectivity index (χ1n) is 9.82. The van der Waals surface area contributed by atoms with Crippen LogP contribution in [0.25, 0.3) is 11.3 Å². The molecule has 6 nitrogen and oxygen atoms in total. The number of fused-ring (bicyclic) bond motifs is 1. The highest BCUT2D eigenvalue weighted by atomic mass is 79.9. The second-order valence-electron chi connectivity index (χ2n) is 7.55. The zero-order chi connectivity index (χ0) is 20.5. The Labute approximate surface area is 181 Å². The van der Waals surface area contributed by atoms with Gasteiger partial charge in [-0.25, -0.2) is 4.98 Å². The van der Waals surface area contributed by atoms with Crippen LogP contribution in [0.1, 0.15) is 37.0 Å². The molecule has 4 rings (SSSR count). The third-order valence-electron chi connectivity index (χ3n) is 5.66. The second kappa shape index (κ2) is 8.36. The molecule has 1 saturated carbocycles. The minimum absolute atomic E-state index is 0.0865. The van der Waals surface area contributed by atoms with Crippen LogP contribution in [-0.2, 0) is 14.4 Å². The fraction of sp³-hybridized carbons (Fsp3) is 0.429. The summed E-state index contributed by atoms with van der Waals surface area (Å²) in [5.41, 5.74) is 1.82. The van der Waals surface area contributed by atoms with Gasteiger partial charge < -0.3 is 5.32 Å². The van der Waals surface area contributed by atoms with Crippen molar-refractivity contribution in [2.75, 3.05) is 11.9 Å². The number of hydrogen-bond acceptors (Lipinski definition) is 5. The predicted octanol–water partition coefficient (Wildman–Crippen LogP) is 4.38. The lowest BCUT2D eigenvalue weighted by Gasteiger charge is -2.19. The number of aromatic nitrogens is 1. The van der Waals surface area contributed by atoms with E-state index in [1.165, 1.54) is 16.2 Å². The highest BCUT2D eigenvalue weighted by Crippen LogP contribution is 2.38. The van der Waals surface area contributed by atoms with Crippen LogP contribution in [-0.4, -0.2) is 34.2 Å². The molecule has 2 heterocycles. The quantitative estimate of drug-likeness (QED) is 0.650. The van der Waals surface area contributed by atoms with Crippen LogP contribution in [0.15, 0.2) is 28.7 Å². The molecule has 2 fully saturated rings.